The molecule has 4 atom stereocenters. The molecule has 4 bridgehead atoms. The van der Waals surface area contributed by atoms with E-state index in [1.54, 1.807) is 16.8 Å². The Morgan fingerprint density at radius 3 is 2.77 bits per heavy atom. The molecule has 0 radical (unpaired) electrons. The van der Waals surface area contributed by atoms with Gasteiger partial charge in [0, 0.05) is 26.0 Å². The van der Waals surface area contributed by atoms with E-state index in [0.29, 0.717) is 12.8 Å². The molecular formula is C23H21N3O4. The van der Waals surface area contributed by atoms with Crippen LogP contribution in [0.25, 0.3) is 0 Å². The van der Waals surface area contributed by atoms with E-state index in [4.69, 9.17) is 4.74 Å². The second-order valence-electron chi connectivity index (χ2n) is 8.61. The number of nitrogens with zero attached hydrogens (tertiary/aromatic N) is 2. The zero-order chi connectivity index (χ0) is 20.8. The summed E-state index contributed by atoms with van der Waals surface area (Å²) in [5, 5.41) is 2.96. The van der Waals surface area contributed by atoms with Crippen LogP contribution in [-0.4, -0.2) is 48.0 Å². The fourth-order valence-corrected chi connectivity index (χ4v) is 5.72. The number of hydrogen-bond donors (Lipinski definition) is 1. The van der Waals surface area contributed by atoms with Crippen LogP contribution < -0.4 is 15.0 Å². The Morgan fingerprint density at radius 2 is 1.97 bits per heavy atom. The number of piperazine rings is 1. The van der Waals surface area contributed by atoms with Gasteiger partial charge in [-0.2, -0.15) is 0 Å². The molecule has 5 heterocycles. The molecule has 0 saturated carbocycles. The molecule has 0 unspecified atom stereocenters. The number of likely N-dealkylation sites (N-methyl/N-ethyl adjacent to an activating group) is 1. The molecule has 7 nitrogen and oxygen atoms in total. The van der Waals surface area contributed by atoms with Crippen LogP contribution in [0.4, 0.5) is 5.69 Å². The van der Waals surface area contributed by atoms with Gasteiger partial charge in [0.05, 0.1) is 11.1 Å². The van der Waals surface area contributed by atoms with Crippen molar-refractivity contribution in [2.24, 2.45) is 0 Å². The van der Waals surface area contributed by atoms with E-state index in [1.165, 1.54) is 6.92 Å². The lowest BCUT2D eigenvalue weighted by molar-refractivity contribution is -0.148. The highest BCUT2D eigenvalue weighted by Crippen LogP contribution is 2.59. The van der Waals surface area contributed by atoms with E-state index in [-0.39, 0.29) is 17.7 Å². The first kappa shape index (κ1) is 17.5. The van der Waals surface area contributed by atoms with Crippen molar-refractivity contribution in [1.29, 1.82) is 0 Å². The monoisotopic (exact) mass is 403 g/mol. The van der Waals surface area contributed by atoms with Crippen LogP contribution in [0.1, 0.15) is 30.0 Å². The fourth-order valence-electron chi connectivity index (χ4n) is 5.72. The number of amides is 3. The Hall–Kier alpha value is -3.35. The van der Waals surface area contributed by atoms with E-state index in [1.807, 2.05) is 36.4 Å². The SMILES string of the molecule is CC(=O)N1c2ccccc2[C@]23C[C@H]4NC(=O)[C@@H](Cc5ccc(c2c5)O[C@H]13)N(C)C4=O. The molecule has 1 fully saturated rings. The van der Waals surface area contributed by atoms with E-state index < -0.39 is 23.7 Å². The molecule has 0 aromatic heterocycles. The number of anilines is 1. The van der Waals surface area contributed by atoms with Gasteiger partial charge < -0.3 is 15.0 Å². The Morgan fingerprint density at radius 1 is 1.17 bits per heavy atom. The summed E-state index contributed by atoms with van der Waals surface area (Å²) in [7, 11) is 1.69. The number of carbonyl (C=O) groups is 3. The van der Waals surface area contributed by atoms with Crippen molar-refractivity contribution in [2.45, 2.75) is 43.5 Å². The summed E-state index contributed by atoms with van der Waals surface area (Å²) in [5.74, 6) is 0.361. The largest absolute Gasteiger partial charge is 0.468 e. The van der Waals surface area contributed by atoms with Crippen molar-refractivity contribution in [2.75, 3.05) is 11.9 Å². The molecule has 1 saturated heterocycles. The molecule has 1 spiro atoms. The quantitative estimate of drug-likeness (QED) is 0.720. The zero-order valence-corrected chi connectivity index (χ0v) is 16.7. The maximum Gasteiger partial charge on any atom is 0.245 e. The highest BCUT2D eigenvalue weighted by atomic mass is 16.5. The molecule has 3 amide bonds. The second kappa shape index (κ2) is 5.62. The van der Waals surface area contributed by atoms with E-state index in [0.717, 1.165) is 28.1 Å². The highest BCUT2D eigenvalue weighted by molar-refractivity contribution is 5.99. The van der Waals surface area contributed by atoms with Crippen molar-refractivity contribution >= 4 is 23.4 Å². The van der Waals surface area contributed by atoms with Crippen LogP contribution in [0.15, 0.2) is 42.5 Å². The summed E-state index contributed by atoms with van der Waals surface area (Å²) in [6, 6.07) is 12.5. The first-order valence-electron chi connectivity index (χ1n) is 10.2. The lowest BCUT2D eigenvalue weighted by Crippen LogP contribution is -2.64. The molecule has 2 aromatic rings. The average Bonchev–Trinajstić information content (AvgIpc) is 3.18. The normalized spacial score (nSPS) is 30.5. The Kier molecular flexibility index (Phi) is 3.28. The summed E-state index contributed by atoms with van der Waals surface area (Å²) >= 11 is 0. The number of carbonyl (C=O) groups excluding carboxylic acids is 3. The number of nitrogens with one attached hydrogen (secondary N) is 1. The van der Waals surface area contributed by atoms with Gasteiger partial charge in [0.25, 0.3) is 0 Å². The Balaban J connectivity index is 1.66. The van der Waals surface area contributed by atoms with Crippen LogP contribution in [0.5, 0.6) is 5.75 Å². The Labute approximate surface area is 173 Å². The molecule has 7 rings (SSSR count). The molecule has 1 N–H and O–H groups in total. The summed E-state index contributed by atoms with van der Waals surface area (Å²) in [4.78, 5) is 42.0. The summed E-state index contributed by atoms with van der Waals surface area (Å²) in [5.41, 5.74) is 2.97. The minimum atomic E-state index is -0.730. The van der Waals surface area contributed by atoms with Crippen LogP contribution >= 0.6 is 0 Å². The minimum Gasteiger partial charge on any atom is -0.468 e. The summed E-state index contributed by atoms with van der Waals surface area (Å²) in [6.07, 6.45) is 0.175. The molecule has 30 heavy (non-hydrogen) atoms. The van der Waals surface area contributed by atoms with Crippen LogP contribution in [-0.2, 0) is 26.2 Å². The van der Waals surface area contributed by atoms with Crippen molar-refractivity contribution in [1.82, 2.24) is 10.2 Å². The molecule has 152 valence electrons. The van der Waals surface area contributed by atoms with Crippen molar-refractivity contribution < 1.29 is 19.1 Å². The molecule has 7 heteroatoms. The lowest BCUT2D eigenvalue weighted by Gasteiger charge is -2.41. The number of benzene rings is 2. The Bertz CT molecular complexity index is 1150. The second-order valence-corrected chi connectivity index (χ2v) is 8.61. The third kappa shape index (κ3) is 1.97. The standard InChI is InChI=1S/C23H21N3O4/c1-12(27)26-17-6-4-3-5-14(17)23-11-16-21(29)25(2)18(20(28)24-16)10-13-7-8-19(15(23)9-13)30-22(23)26/h3-9,16,18,22H,10-11H2,1-2H3,(H,24,28)/t16-,18-,22+,23-/m1/s1. The number of ether oxygens (including phenoxy) is 1. The van der Waals surface area contributed by atoms with Gasteiger partial charge in [-0.05, 0) is 29.7 Å². The molecule has 2 aromatic carbocycles. The average molecular weight is 403 g/mol. The number of hydrogen-bond acceptors (Lipinski definition) is 4. The van der Waals surface area contributed by atoms with E-state index in [9.17, 15) is 14.4 Å². The predicted octanol–water partition coefficient (Wildman–Crippen LogP) is 1.33. The minimum absolute atomic E-state index is 0.106. The smallest absolute Gasteiger partial charge is 0.245 e. The van der Waals surface area contributed by atoms with E-state index in [2.05, 4.69) is 11.4 Å². The maximum atomic E-state index is 13.2. The van der Waals surface area contributed by atoms with E-state index >= 15 is 0 Å². The highest BCUT2D eigenvalue weighted by Gasteiger charge is 2.62. The van der Waals surface area contributed by atoms with Gasteiger partial charge in [-0.3, -0.25) is 19.3 Å². The topological polar surface area (TPSA) is 79.0 Å². The maximum absolute atomic E-state index is 13.2. The first-order valence-corrected chi connectivity index (χ1v) is 10.2. The number of rotatable bonds is 0. The van der Waals surface area contributed by atoms with Gasteiger partial charge in [-0.15, -0.1) is 0 Å². The molecule has 0 aliphatic carbocycles. The van der Waals surface area contributed by atoms with Crippen LogP contribution in [0, 0.1) is 0 Å². The van der Waals surface area contributed by atoms with Crippen molar-refractivity contribution in [3.63, 3.8) is 0 Å². The van der Waals surface area contributed by atoms with Crippen molar-refractivity contribution in [3.8, 4) is 5.75 Å². The summed E-state index contributed by atoms with van der Waals surface area (Å²) < 4.78 is 6.37. The molecular weight excluding hydrogens is 382 g/mol. The van der Waals surface area contributed by atoms with Gasteiger partial charge in [-0.25, -0.2) is 0 Å². The third-order valence-electron chi connectivity index (χ3n) is 7.09. The van der Waals surface area contributed by atoms with Gasteiger partial charge in [0.15, 0.2) is 6.23 Å². The number of para-hydroxylation sites is 1. The van der Waals surface area contributed by atoms with Crippen LogP contribution in [0.2, 0.25) is 0 Å². The third-order valence-corrected chi connectivity index (χ3v) is 7.09. The van der Waals surface area contributed by atoms with Crippen molar-refractivity contribution in [3.05, 3.63) is 59.2 Å². The lowest BCUT2D eigenvalue weighted by atomic mass is 9.70. The fraction of sp³-hybridized carbons (Fsp3) is 0.348. The zero-order valence-electron chi connectivity index (χ0n) is 16.7. The summed E-state index contributed by atoms with van der Waals surface area (Å²) in [6.45, 7) is 1.53. The first-order chi connectivity index (χ1) is 14.4. The van der Waals surface area contributed by atoms with Gasteiger partial charge in [0.1, 0.15) is 17.8 Å². The van der Waals surface area contributed by atoms with Gasteiger partial charge in [0.2, 0.25) is 17.7 Å². The van der Waals surface area contributed by atoms with Gasteiger partial charge >= 0.3 is 0 Å². The number of fused-ring (bicyclic) bond motifs is 3. The molecule has 5 aliphatic heterocycles. The predicted molar refractivity (Wildman–Crippen MR) is 108 cm³/mol. The van der Waals surface area contributed by atoms with Gasteiger partial charge in [-0.1, -0.05) is 30.3 Å². The van der Waals surface area contributed by atoms with Crippen LogP contribution in [0.3, 0.4) is 0 Å². The molecule has 5 aliphatic rings.